The molecule has 0 spiro atoms. The third kappa shape index (κ3) is 2.71. The lowest BCUT2D eigenvalue weighted by Crippen LogP contribution is -2.13. The Morgan fingerprint density at radius 3 is 2.44 bits per heavy atom. The molecule has 2 rings (SSSR count). The molecule has 0 saturated carbocycles. The van der Waals surface area contributed by atoms with E-state index in [1.165, 1.54) is 12.4 Å². The van der Waals surface area contributed by atoms with E-state index in [0.717, 1.165) is 11.5 Å². The van der Waals surface area contributed by atoms with Crippen LogP contribution in [0.2, 0.25) is 0 Å². The van der Waals surface area contributed by atoms with Crippen molar-refractivity contribution in [1.29, 1.82) is 0 Å². The minimum absolute atomic E-state index is 0.0330. The second-order valence-corrected chi connectivity index (χ2v) is 5.68. The second-order valence-electron chi connectivity index (χ2n) is 3.24. The minimum Gasteiger partial charge on any atom is -0.357 e. The van der Waals surface area contributed by atoms with E-state index in [0.29, 0.717) is 11.8 Å². The zero-order valence-corrected chi connectivity index (χ0v) is 11.2. The molecule has 0 saturated heterocycles. The van der Waals surface area contributed by atoms with Crippen molar-refractivity contribution >= 4 is 32.6 Å². The van der Waals surface area contributed by atoms with Crippen molar-refractivity contribution < 1.29 is 8.42 Å². The van der Waals surface area contributed by atoms with Gasteiger partial charge in [-0.2, -0.15) is 4.37 Å². The van der Waals surface area contributed by atoms with Gasteiger partial charge in [-0.1, -0.05) is 0 Å². The summed E-state index contributed by atoms with van der Waals surface area (Å²) < 4.78 is 30.1. The van der Waals surface area contributed by atoms with Crippen LogP contribution in [-0.4, -0.2) is 34.8 Å². The highest BCUT2D eigenvalue weighted by Gasteiger charge is 2.17. The van der Waals surface area contributed by atoms with Gasteiger partial charge >= 0.3 is 0 Å². The first-order chi connectivity index (χ1) is 8.51. The van der Waals surface area contributed by atoms with E-state index in [-0.39, 0.29) is 10.0 Å². The fraction of sp³-hybridized carbons (Fsp3) is 0.250. The van der Waals surface area contributed by atoms with Gasteiger partial charge in [-0.05, 0) is 6.92 Å². The number of anilines is 2. The summed E-state index contributed by atoms with van der Waals surface area (Å²) in [6, 6.07) is 0. The summed E-state index contributed by atoms with van der Waals surface area (Å²) in [4.78, 5) is 11.6. The van der Waals surface area contributed by atoms with E-state index in [2.05, 4.69) is 29.4 Å². The molecule has 0 aliphatic carbocycles. The molecule has 0 aromatic carbocycles. The maximum absolute atomic E-state index is 11.9. The minimum atomic E-state index is -3.72. The number of rotatable bonds is 4. The van der Waals surface area contributed by atoms with Gasteiger partial charge in [0.15, 0.2) is 0 Å². The number of hydrogen-bond donors (Lipinski definition) is 2. The van der Waals surface area contributed by atoms with Gasteiger partial charge in [0.2, 0.25) is 11.1 Å². The zero-order chi connectivity index (χ0) is 13.2. The highest BCUT2D eigenvalue weighted by molar-refractivity contribution is 7.92. The third-order valence-electron chi connectivity index (χ3n) is 1.91. The Morgan fingerprint density at radius 1 is 1.28 bits per heavy atom. The lowest BCUT2D eigenvalue weighted by Gasteiger charge is -2.04. The fourth-order valence-electron chi connectivity index (χ4n) is 1.10. The molecule has 2 N–H and O–H groups in total. The molecule has 96 valence electrons. The highest BCUT2D eigenvalue weighted by atomic mass is 32.2. The molecule has 0 aliphatic heterocycles. The topological polar surface area (TPSA) is 110 Å². The molecule has 0 aliphatic rings. The Labute approximate surface area is 108 Å². The Hall–Kier alpha value is -1.81. The normalized spacial score (nSPS) is 11.2. The lowest BCUT2D eigenvalue weighted by atomic mass is 10.7. The van der Waals surface area contributed by atoms with Crippen molar-refractivity contribution in [1.82, 2.24) is 19.3 Å². The van der Waals surface area contributed by atoms with Crippen LogP contribution in [0.1, 0.15) is 5.82 Å². The van der Waals surface area contributed by atoms with Gasteiger partial charge in [0.05, 0.1) is 12.4 Å². The maximum Gasteiger partial charge on any atom is 0.266 e. The summed E-state index contributed by atoms with van der Waals surface area (Å²) in [6.45, 7) is 1.68. The van der Waals surface area contributed by atoms with Crippen LogP contribution >= 0.6 is 11.5 Å². The number of nitrogens with zero attached hydrogens (tertiary/aromatic N) is 4. The van der Waals surface area contributed by atoms with Gasteiger partial charge in [0.1, 0.15) is 10.7 Å². The summed E-state index contributed by atoms with van der Waals surface area (Å²) in [5.41, 5.74) is 0. The van der Waals surface area contributed by atoms with Crippen molar-refractivity contribution in [2.75, 3.05) is 17.1 Å². The maximum atomic E-state index is 11.9. The Kier molecular flexibility index (Phi) is 3.39. The Balaban J connectivity index is 2.24. The van der Waals surface area contributed by atoms with Crippen LogP contribution in [0.5, 0.6) is 0 Å². The highest BCUT2D eigenvalue weighted by Crippen LogP contribution is 2.16. The number of sulfonamides is 1. The van der Waals surface area contributed by atoms with Crippen molar-refractivity contribution in [3.05, 3.63) is 18.2 Å². The predicted octanol–water partition coefficient (Wildman–Crippen LogP) is 0.479. The van der Waals surface area contributed by atoms with E-state index in [1.54, 1.807) is 14.0 Å². The summed E-state index contributed by atoms with van der Waals surface area (Å²) in [7, 11) is -2.08. The first-order valence-corrected chi connectivity index (χ1v) is 7.10. The van der Waals surface area contributed by atoms with Crippen LogP contribution in [0.4, 0.5) is 11.1 Å². The van der Waals surface area contributed by atoms with Gasteiger partial charge in [-0.25, -0.2) is 23.4 Å². The summed E-state index contributed by atoms with van der Waals surface area (Å²) in [5.74, 6) is 0.861. The summed E-state index contributed by atoms with van der Waals surface area (Å²) in [6.07, 6.45) is 2.43. The number of hydrogen-bond acceptors (Lipinski definition) is 8. The smallest absolute Gasteiger partial charge is 0.266 e. The Bertz CT molecular complexity index is 636. The van der Waals surface area contributed by atoms with E-state index in [1.807, 2.05) is 0 Å². The van der Waals surface area contributed by atoms with E-state index in [4.69, 9.17) is 0 Å². The molecule has 2 aromatic heterocycles. The largest absolute Gasteiger partial charge is 0.357 e. The Morgan fingerprint density at radius 2 is 1.94 bits per heavy atom. The van der Waals surface area contributed by atoms with Gasteiger partial charge in [0.25, 0.3) is 10.0 Å². The van der Waals surface area contributed by atoms with Gasteiger partial charge in [-0.3, -0.25) is 4.72 Å². The molecule has 0 radical (unpaired) electrons. The molecule has 0 atom stereocenters. The van der Waals surface area contributed by atoms with Crippen LogP contribution in [0.15, 0.2) is 17.3 Å². The van der Waals surface area contributed by atoms with Crippen LogP contribution in [0, 0.1) is 6.92 Å². The fourth-order valence-corrected chi connectivity index (χ4v) is 2.78. The molecule has 0 unspecified atom stereocenters. The molecule has 18 heavy (non-hydrogen) atoms. The summed E-state index contributed by atoms with van der Waals surface area (Å²) in [5, 5.41) is 2.91. The van der Waals surface area contributed by atoms with Crippen LogP contribution in [-0.2, 0) is 10.0 Å². The summed E-state index contributed by atoms with van der Waals surface area (Å²) >= 11 is 0.974. The van der Waals surface area contributed by atoms with Crippen LogP contribution in [0.25, 0.3) is 0 Å². The number of aryl methyl sites for hydroxylation is 1. The quantitative estimate of drug-likeness (QED) is 0.841. The molecular weight excluding hydrogens is 276 g/mol. The first kappa shape index (κ1) is 12.6. The van der Waals surface area contributed by atoms with Crippen molar-refractivity contribution in [2.24, 2.45) is 0 Å². The zero-order valence-electron chi connectivity index (χ0n) is 9.58. The first-order valence-electron chi connectivity index (χ1n) is 4.84. The average Bonchev–Trinajstić information content (AvgIpc) is 2.74. The van der Waals surface area contributed by atoms with Gasteiger partial charge < -0.3 is 5.32 Å². The monoisotopic (exact) mass is 286 g/mol. The molecule has 0 fully saturated rings. The van der Waals surface area contributed by atoms with E-state index in [9.17, 15) is 8.42 Å². The van der Waals surface area contributed by atoms with Crippen molar-refractivity contribution in [3.8, 4) is 0 Å². The molecule has 2 aromatic rings. The number of nitrogens with one attached hydrogen (secondary N) is 2. The molecule has 2 heterocycles. The SMILES string of the molecule is CNc1ncc(S(=O)(=O)Nc2nc(C)ns2)cn1. The van der Waals surface area contributed by atoms with E-state index < -0.39 is 10.0 Å². The van der Waals surface area contributed by atoms with Gasteiger partial charge in [0, 0.05) is 18.6 Å². The third-order valence-corrected chi connectivity index (χ3v) is 4.06. The molecule has 8 nitrogen and oxygen atoms in total. The van der Waals surface area contributed by atoms with E-state index >= 15 is 0 Å². The molecular formula is C8H10N6O2S2. The van der Waals surface area contributed by atoms with Crippen molar-refractivity contribution in [3.63, 3.8) is 0 Å². The molecule has 0 amide bonds. The van der Waals surface area contributed by atoms with Crippen LogP contribution < -0.4 is 10.0 Å². The molecule has 10 heteroatoms. The standard InChI is InChI=1S/C8H10N6O2S2/c1-5-12-8(17-13-5)14-18(15,16)6-3-10-7(9-2)11-4-6/h3-4H,1-2H3,(H,9,10,11)(H,12,13,14). The second kappa shape index (κ2) is 4.82. The van der Waals surface area contributed by atoms with Crippen LogP contribution in [0.3, 0.4) is 0 Å². The number of aromatic nitrogens is 4. The lowest BCUT2D eigenvalue weighted by molar-refractivity contribution is 0.600. The van der Waals surface area contributed by atoms with Crippen molar-refractivity contribution in [2.45, 2.75) is 11.8 Å². The van der Waals surface area contributed by atoms with Gasteiger partial charge in [-0.15, -0.1) is 0 Å². The molecule has 0 bridgehead atoms. The average molecular weight is 286 g/mol. The predicted molar refractivity (Wildman–Crippen MR) is 67.0 cm³/mol.